The van der Waals surface area contributed by atoms with Crippen LogP contribution >= 0.6 is 0 Å². The largest absolute Gasteiger partial charge is 0.502 e. The summed E-state index contributed by atoms with van der Waals surface area (Å²) < 4.78 is 40.9. The highest BCUT2D eigenvalue weighted by molar-refractivity contribution is 5.90. The first kappa shape index (κ1) is 24.7. The van der Waals surface area contributed by atoms with E-state index in [4.69, 9.17) is 23.7 Å². The molecule has 3 N–H and O–H groups in total. The van der Waals surface area contributed by atoms with Crippen molar-refractivity contribution in [1.82, 2.24) is 5.32 Å². The SMILES string of the molecule is COc1cc([C@@H]2c3cc4c(cc3[C@@H](NC(=O)Nc3ccc(F)cc3)[C@H]3COC(=O)[C@H]23)OCO4)cc(OC)c1O. The topological polar surface area (TPSA) is 125 Å². The van der Waals surface area contributed by atoms with Gasteiger partial charge in [0, 0.05) is 17.5 Å². The predicted molar refractivity (Wildman–Crippen MR) is 135 cm³/mol. The minimum absolute atomic E-state index is 0.0434. The Morgan fingerprint density at radius 1 is 0.974 bits per heavy atom. The van der Waals surface area contributed by atoms with E-state index in [1.165, 1.54) is 38.5 Å². The van der Waals surface area contributed by atoms with Crippen molar-refractivity contribution in [2.75, 3.05) is 32.9 Å². The van der Waals surface area contributed by atoms with Crippen molar-refractivity contribution in [3.63, 3.8) is 0 Å². The third-order valence-corrected chi connectivity index (χ3v) is 7.44. The van der Waals surface area contributed by atoms with E-state index >= 15 is 0 Å². The summed E-state index contributed by atoms with van der Waals surface area (Å²) >= 11 is 0. The fraction of sp³-hybridized carbons (Fsp3) is 0.286. The van der Waals surface area contributed by atoms with Gasteiger partial charge in [0.1, 0.15) is 5.82 Å². The summed E-state index contributed by atoms with van der Waals surface area (Å²) in [6, 6.07) is 11.2. The zero-order valence-electron chi connectivity index (χ0n) is 21.0. The Kier molecular flexibility index (Phi) is 6.05. The average molecular weight is 537 g/mol. The molecule has 0 bridgehead atoms. The van der Waals surface area contributed by atoms with Crippen molar-refractivity contribution in [1.29, 1.82) is 0 Å². The van der Waals surface area contributed by atoms with Crippen molar-refractivity contribution in [2.24, 2.45) is 11.8 Å². The molecular formula is C28H25FN2O8. The van der Waals surface area contributed by atoms with Gasteiger partial charge >= 0.3 is 12.0 Å². The Morgan fingerprint density at radius 3 is 2.26 bits per heavy atom. The number of anilines is 1. The van der Waals surface area contributed by atoms with Gasteiger partial charge in [-0.25, -0.2) is 9.18 Å². The summed E-state index contributed by atoms with van der Waals surface area (Å²) in [6.07, 6.45) is 0. The lowest BCUT2D eigenvalue weighted by Gasteiger charge is -2.39. The number of nitrogens with one attached hydrogen (secondary N) is 2. The van der Waals surface area contributed by atoms with Gasteiger partial charge in [-0.05, 0) is 65.2 Å². The second-order valence-corrected chi connectivity index (χ2v) is 9.49. The molecular weight excluding hydrogens is 511 g/mol. The summed E-state index contributed by atoms with van der Waals surface area (Å²) in [7, 11) is 2.86. The third-order valence-electron chi connectivity index (χ3n) is 7.44. The lowest BCUT2D eigenvalue weighted by molar-refractivity contribution is -0.141. The van der Waals surface area contributed by atoms with Crippen LogP contribution in [0.15, 0.2) is 48.5 Å². The molecule has 11 heteroatoms. The van der Waals surface area contributed by atoms with Crippen molar-refractivity contribution >= 4 is 17.7 Å². The van der Waals surface area contributed by atoms with E-state index in [1.54, 1.807) is 18.2 Å². The van der Waals surface area contributed by atoms with Crippen LogP contribution in [-0.2, 0) is 9.53 Å². The first-order chi connectivity index (χ1) is 18.9. The molecule has 202 valence electrons. The molecule has 6 rings (SSSR count). The van der Waals surface area contributed by atoms with Crippen LogP contribution in [0.2, 0.25) is 0 Å². The zero-order valence-corrected chi connectivity index (χ0v) is 21.0. The zero-order chi connectivity index (χ0) is 27.3. The molecule has 3 aromatic rings. The van der Waals surface area contributed by atoms with Crippen molar-refractivity contribution in [3.05, 3.63) is 71.0 Å². The molecule has 0 radical (unpaired) electrons. The van der Waals surface area contributed by atoms with E-state index in [2.05, 4.69) is 10.6 Å². The van der Waals surface area contributed by atoms with E-state index in [0.29, 0.717) is 22.7 Å². The Labute approximate surface area is 222 Å². The molecule has 0 unspecified atom stereocenters. The minimum atomic E-state index is -0.673. The molecule has 0 aromatic heterocycles. The molecule has 3 aliphatic rings. The molecule has 1 saturated heterocycles. The van der Waals surface area contributed by atoms with Gasteiger partial charge in [-0.15, -0.1) is 0 Å². The highest BCUT2D eigenvalue weighted by Crippen LogP contribution is 2.55. The number of benzene rings is 3. The first-order valence-electron chi connectivity index (χ1n) is 12.3. The number of aromatic hydroxyl groups is 1. The number of rotatable bonds is 5. The molecule has 2 heterocycles. The van der Waals surface area contributed by atoms with Gasteiger partial charge < -0.3 is 39.4 Å². The summed E-state index contributed by atoms with van der Waals surface area (Å²) in [5.74, 6) is -1.22. The van der Waals surface area contributed by atoms with Crippen LogP contribution in [-0.4, -0.2) is 44.7 Å². The van der Waals surface area contributed by atoms with Gasteiger partial charge in [0.15, 0.2) is 23.0 Å². The van der Waals surface area contributed by atoms with Gasteiger partial charge in [-0.3, -0.25) is 4.79 Å². The molecule has 2 amide bonds. The van der Waals surface area contributed by atoms with Crippen LogP contribution in [0, 0.1) is 17.7 Å². The molecule has 3 aromatic carbocycles. The Bertz CT molecular complexity index is 1440. The van der Waals surface area contributed by atoms with E-state index < -0.39 is 41.6 Å². The number of fused-ring (bicyclic) bond motifs is 3. The van der Waals surface area contributed by atoms with Gasteiger partial charge in [-0.1, -0.05) is 0 Å². The van der Waals surface area contributed by atoms with Crippen LogP contribution in [0.3, 0.4) is 0 Å². The average Bonchev–Trinajstić information content (AvgIpc) is 3.55. The van der Waals surface area contributed by atoms with Crippen molar-refractivity contribution in [2.45, 2.75) is 12.0 Å². The van der Waals surface area contributed by atoms with Gasteiger partial charge in [0.2, 0.25) is 12.5 Å². The number of urea groups is 1. The predicted octanol–water partition coefficient (Wildman–Crippen LogP) is 4.07. The van der Waals surface area contributed by atoms with Crippen LogP contribution in [0.5, 0.6) is 28.7 Å². The molecule has 4 atom stereocenters. The monoisotopic (exact) mass is 536 g/mol. The van der Waals surface area contributed by atoms with Crippen LogP contribution in [0.4, 0.5) is 14.9 Å². The molecule has 39 heavy (non-hydrogen) atoms. The Hall–Kier alpha value is -4.67. The number of phenolic OH excluding ortho intramolecular Hbond substituents is 1. The third kappa shape index (κ3) is 4.19. The number of cyclic esters (lactones) is 1. The number of hydrogen-bond acceptors (Lipinski definition) is 8. The number of hydrogen-bond donors (Lipinski definition) is 3. The standard InChI is InChI=1S/C28H25FN2O8/c1-35-21-7-13(8-22(36-2)26(21)32)23-16-9-19-20(39-12-38-19)10-17(16)25(18-11-37-27(33)24(18)23)31-28(34)30-15-5-3-14(29)4-6-15/h3-10,18,23-25,32H,11-12H2,1-2H3,(H2,30,31,34)/t18-,23+,24-,25+/m0/s1. The maximum atomic E-state index is 13.3. The van der Waals surface area contributed by atoms with Crippen molar-refractivity contribution in [3.8, 4) is 28.7 Å². The number of methoxy groups -OCH3 is 2. The van der Waals surface area contributed by atoms with Crippen molar-refractivity contribution < 1.29 is 42.8 Å². The van der Waals surface area contributed by atoms with E-state index in [0.717, 1.165) is 11.1 Å². The lowest BCUT2D eigenvalue weighted by atomic mass is 9.65. The summed E-state index contributed by atoms with van der Waals surface area (Å²) in [5, 5.41) is 16.2. The summed E-state index contributed by atoms with van der Waals surface area (Å²) in [5.41, 5.74) is 2.52. The van der Waals surface area contributed by atoms with Gasteiger partial charge in [-0.2, -0.15) is 0 Å². The number of halogens is 1. The fourth-order valence-electron chi connectivity index (χ4n) is 5.68. The Balaban J connectivity index is 1.45. The van der Waals surface area contributed by atoms with Gasteiger partial charge in [0.25, 0.3) is 0 Å². The number of amides is 2. The molecule has 1 aliphatic carbocycles. The summed E-state index contributed by atoms with van der Waals surface area (Å²) in [6.45, 7) is 0.128. The smallest absolute Gasteiger partial charge is 0.319 e. The van der Waals surface area contributed by atoms with Crippen LogP contribution < -0.4 is 29.6 Å². The highest BCUT2D eigenvalue weighted by atomic mass is 19.1. The maximum Gasteiger partial charge on any atom is 0.319 e. The lowest BCUT2D eigenvalue weighted by Crippen LogP contribution is -2.44. The summed E-state index contributed by atoms with van der Waals surface area (Å²) in [4.78, 5) is 26.3. The molecule has 1 fully saturated rings. The van der Waals surface area contributed by atoms with E-state index in [-0.39, 0.29) is 30.6 Å². The number of carbonyl (C=O) groups is 2. The van der Waals surface area contributed by atoms with E-state index in [1.807, 2.05) is 6.07 Å². The van der Waals surface area contributed by atoms with Crippen LogP contribution in [0.25, 0.3) is 0 Å². The minimum Gasteiger partial charge on any atom is -0.502 e. The number of phenols is 1. The normalized spacial score (nSPS) is 22.4. The van der Waals surface area contributed by atoms with E-state index in [9.17, 15) is 19.1 Å². The quantitative estimate of drug-likeness (QED) is 0.417. The van der Waals surface area contributed by atoms with Crippen LogP contribution in [0.1, 0.15) is 28.7 Å². The van der Waals surface area contributed by atoms with Gasteiger partial charge in [0.05, 0.1) is 32.8 Å². The maximum absolute atomic E-state index is 13.3. The number of ether oxygens (including phenoxy) is 5. The number of esters is 1. The second-order valence-electron chi connectivity index (χ2n) is 9.49. The number of carbonyl (C=O) groups excluding carboxylic acids is 2. The second kappa shape index (κ2) is 9.57. The molecule has 0 saturated carbocycles. The highest BCUT2D eigenvalue weighted by Gasteiger charge is 2.53. The Morgan fingerprint density at radius 2 is 1.62 bits per heavy atom. The molecule has 0 spiro atoms. The molecule has 2 aliphatic heterocycles. The first-order valence-corrected chi connectivity index (χ1v) is 12.3. The molecule has 10 nitrogen and oxygen atoms in total. The fourth-order valence-corrected chi connectivity index (χ4v) is 5.68.